The fourth-order valence-electron chi connectivity index (χ4n) is 4.16. The van der Waals surface area contributed by atoms with Crippen molar-refractivity contribution in [1.29, 1.82) is 0 Å². The van der Waals surface area contributed by atoms with Gasteiger partial charge in [-0.1, -0.05) is 54.6 Å². The average Bonchev–Trinajstić information content (AvgIpc) is 3.38. The fourth-order valence-corrected chi connectivity index (χ4v) is 6.27. The summed E-state index contributed by atoms with van der Waals surface area (Å²) in [6.07, 6.45) is 2.21. The first-order chi connectivity index (χ1) is 13.8. The maximum absolute atomic E-state index is 2.39. The van der Waals surface area contributed by atoms with Crippen molar-refractivity contribution in [3.63, 3.8) is 0 Å². The molecule has 0 amide bonds. The molecule has 0 fully saturated rings. The highest BCUT2D eigenvalue weighted by Gasteiger charge is 2.09. The lowest BCUT2D eigenvalue weighted by Gasteiger charge is -2.05. The summed E-state index contributed by atoms with van der Waals surface area (Å²) in [4.78, 5) is 1.47. The molecule has 6 aromatic rings. The van der Waals surface area contributed by atoms with E-state index in [1.807, 2.05) is 22.7 Å². The largest absolute Gasteiger partial charge is 0.143 e. The zero-order valence-corrected chi connectivity index (χ0v) is 16.9. The van der Waals surface area contributed by atoms with Gasteiger partial charge in [0.15, 0.2) is 0 Å². The van der Waals surface area contributed by atoms with Crippen LogP contribution < -0.4 is 0 Å². The average molecular weight is 395 g/mol. The van der Waals surface area contributed by atoms with Gasteiger partial charge in [0.05, 0.1) is 0 Å². The summed E-state index contributed by atoms with van der Waals surface area (Å²) < 4.78 is 2.82. The number of hydrogen-bond donors (Lipinski definition) is 0. The van der Waals surface area contributed by atoms with E-state index >= 15 is 0 Å². The van der Waals surface area contributed by atoms with Crippen LogP contribution in [0.15, 0.2) is 84.2 Å². The summed E-state index contributed by atoms with van der Waals surface area (Å²) in [7, 11) is 0. The predicted octanol–water partition coefficient (Wildman–Crippen LogP) is 8.21. The Morgan fingerprint density at radius 1 is 0.571 bits per heavy atom. The van der Waals surface area contributed by atoms with Gasteiger partial charge in [-0.2, -0.15) is 0 Å². The topological polar surface area (TPSA) is 0 Å². The van der Waals surface area contributed by atoms with Crippen molar-refractivity contribution in [3.8, 4) is 0 Å². The molecule has 0 bridgehead atoms. The highest BCUT2D eigenvalue weighted by Crippen LogP contribution is 2.38. The summed E-state index contributed by atoms with van der Waals surface area (Å²) in [5.74, 6) is 0. The zero-order valence-electron chi connectivity index (χ0n) is 15.3. The van der Waals surface area contributed by atoms with Crippen LogP contribution in [-0.4, -0.2) is 0 Å². The Morgan fingerprint density at radius 2 is 1.29 bits per heavy atom. The SMILES string of the molecule is c1ccc(CCc2cc3ccc4cc5c(ccc6ccsc65)cc4c3s2)cc1. The Balaban J connectivity index is 1.48. The van der Waals surface area contributed by atoms with Crippen molar-refractivity contribution in [1.82, 2.24) is 0 Å². The quantitative estimate of drug-likeness (QED) is 0.265. The van der Waals surface area contributed by atoms with E-state index in [0.29, 0.717) is 0 Å². The molecule has 0 saturated carbocycles. The van der Waals surface area contributed by atoms with Crippen LogP contribution in [0.5, 0.6) is 0 Å². The number of fused-ring (bicyclic) bond motifs is 6. The van der Waals surface area contributed by atoms with E-state index < -0.39 is 0 Å². The van der Waals surface area contributed by atoms with Gasteiger partial charge in [0, 0.05) is 25.0 Å². The Kier molecular flexibility index (Phi) is 3.75. The van der Waals surface area contributed by atoms with E-state index in [1.54, 1.807) is 0 Å². The van der Waals surface area contributed by atoms with Crippen molar-refractivity contribution in [2.45, 2.75) is 12.8 Å². The minimum Gasteiger partial charge on any atom is -0.143 e. The molecule has 134 valence electrons. The van der Waals surface area contributed by atoms with Gasteiger partial charge in [-0.3, -0.25) is 0 Å². The lowest BCUT2D eigenvalue weighted by Crippen LogP contribution is -1.87. The highest BCUT2D eigenvalue weighted by molar-refractivity contribution is 7.20. The molecule has 28 heavy (non-hydrogen) atoms. The lowest BCUT2D eigenvalue weighted by molar-refractivity contribution is 0.982. The molecule has 0 nitrogen and oxygen atoms in total. The first-order valence-corrected chi connectivity index (χ1v) is 11.3. The lowest BCUT2D eigenvalue weighted by atomic mass is 10.0. The summed E-state index contributed by atoms with van der Waals surface area (Å²) in [6, 6.07) is 29.3. The second-order valence-electron chi connectivity index (χ2n) is 7.38. The summed E-state index contributed by atoms with van der Waals surface area (Å²) in [6.45, 7) is 0. The molecule has 6 rings (SSSR count). The van der Waals surface area contributed by atoms with Gasteiger partial charge in [-0.05, 0) is 69.6 Å². The summed E-state index contributed by atoms with van der Waals surface area (Å²) in [5, 5.41) is 10.4. The van der Waals surface area contributed by atoms with Crippen LogP contribution in [0.1, 0.15) is 10.4 Å². The van der Waals surface area contributed by atoms with E-state index in [0.717, 1.165) is 12.8 Å². The molecule has 0 spiro atoms. The molecule has 0 saturated heterocycles. The smallest absolute Gasteiger partial charge is 0.0424 e. The van der Waals surface area contributed by atoms with E-state index in [9.17, 15) is 0 Å². The molecule has 2 heteroatoms. The van der Waals surface area contributed by atoms with Gasteiger partial charge in [0.2, 0.25) is 0 Å². The second-order valence-corrected chi connectivity index (χ2v) is 9.43. The molecule has 0 atom stereocenters. The molecule has 2 aromatic heterocycles. The monoisotopic (exact) mass is 394 g/mol. The van der Waals surface area contributed by atoms with E-state index in [-0.39, 0.29) is 0 Å². The molecule has 2 heterocycles. The third kappa shape index (κ3) is 2.64. The Hall–Kier alpha value is -2.68. The van der Waals surface area contributed by atoms with Gasteiger partial charge >= 0.3 is 0 Å². The van der Waals surface area contributed by atoms with Crippen LogP contribution in [0, 0.1) is 0 Å². The predicted molar refractivity (Wildman–Crippen MR) is 126 cm³/mol. The van der Waals surface area contributed by atoms with Crippen molar-refractivity contribution in [2.24, 2.45) is 0 Å². The third-order valence-electron chi connectivity index (χ3n) is 5.61. The van der Waals surface area contributed by atoms with Crippen LogP contribution in [0.4, 0.5) is 0 Å². The molecule has 0 radical (unpaired) electrons. The number of rotatable bonds is 3. The normalized spacial score (nSPS) is 11.9. The Labute approximate surface area is 171 Å². The van der Waals surface area contributed by atoms with Gasteiger partial charge < -0.3 is 0 Å². The third-order valence-corrected chi connectivity index (χ3v) is 7.81. The minimum atomic E-state index is 1.10. The standard InChI is InChI=1S/C26H18S2/c1-2-4-17(5-3-1)6-11-22-14-21-10-9-20-15-23-19(16-24(20)26(21)28-22)8-7-18-12-13-27-25(18)23/h1-5,7-10,12-16H,6,11H2. The molecule has 0 aliphatic rings. The van der Waals surface area contributed by atoms with Crippen LogP contribution in [0.3, 0.4) is 0 Å². The van der Waals surface area contributed by atoms with E-state index in [2.05, 4.69) is 84.2 Å². The van der Waals surface area contributed by atoms with Crippen LogP contribution in [0.25, 0.3) is 41.7 Å². The van der Waals surface area contributed by atoms with Crippen molar-refractivity contribution >= 4 is 64.4 Å². The minimum absolute atomic E-state index is 1.10. The van der Waals surface area contributed by atoms with Gasteiger partial charge in [0.1, 0.15) is 0 Å². The van der Waals surface area contributed by atoms with Crippen LogP contribution in [-0.2, 0) is 12.8 Å². The second kappa shape index (κ2) is 6.44. The van der Waals surface area contributed by atoms with Crippen LogP contribution in [0.2, 0.25) is 0 Å². The zero-order chi connectivity index (χ0) is 18.5. The fraction of sp³-hybridized carbons (Fsp3) is 0.0769. The number of benzene rings is 4. The Morgan fingerprint density at radius 3 is 2.11 bits per heavy atom. The first kappa shape index (κ1) is 16.3. The molecular formula is C26H18S2. The van der Waals surface area contributed by atoms with Gasteiger partial charge in [0.25, 0.3) is 0 Å². The molecule has 0 N–H and O–H groups in total. The van der Waals surface area contributed by atoms with E-state index in [1.165, 1.54) is 52.2 Å². The number of hydrogen-bond acceptors (Lipinski definition) is 2. The van der Waals surface area contributed by atoms with Gasteiger partial charge in [-0.15, -0.1) is 22.7 Å². The number of aryl methyl sites for hydroxylation is 2. The molecule has 0 aliphatic carbocycles. The maximum atomic E-state index is 2.39. The molecule has 0 aliphatic heterocycles. The van der Waals surface area contributed by atoms with E-state index in [4.69, 9.17) is 0 Å². The van der Waals surface area contributed by atoms with Crippen molar-refractivity contribution in [2.75, 3.05) is 0 Å². The molecule has 0 unspecified atom stereocenters. The maximum Gasteiger partial charge on any atom is 0.0424 e. The summed E-state index contributed by atoms with van der Waals surface area (Å²) in [5.41, 5.74) is 1.41. The molecular weight excluding hydrogens is 376 g/mol. The summed E-state index contributed by atoms with van der Waals surface area (Å²) >= 11 is 3.80. The first-order valence-electron chi connectivity index (χ1n) is 9.64. The van der Waals surface area contributed by atoms with Crippen LogP contribution >= 0.6 is 22.7 Å². The highest BCUT2D eigenvalue weighted by atomic mass is 32.1. The number of thiophene rings is 2. The van der Waals surface area contributed by atoms with Gasteiger partial charge in [-0.25, -0.2) is 0 Å². The van der Waals surface area contributed by atoms with Crippen molar-refractivity contribution < 1.29 is 0 Å². The Bertz CT molecular complexity index is 1450. The van der Waals surface area contributed by atoms with Crippen molar-refractivity contribution in [3.05, 3.63) is 94.7 Å². The molecule has 4 aromatic carbocycles.